The minimum Gasteiger partial charge on any atom is -0.460 e. The maximum Gasteiger partial charge on any atom is 0.330 e. The van der Waals surface area contributed by atoms with Crippen molar-refractivity contribution in [3.05, 3.63) is 12.7 Å². The fraction of sp³-hybridized carbons (Fsp3) is 0.667. The minimum atomic E-state index is -0.848. The van der Waals surface area contributed by atoms with Gasteiger partial charge in [0, 0.05) is 6.08 Å². The van der Waals surface area contributed by atoms with Crippen LogP contribution >= 0.6 is 0 Å². The van der Waals surface area contributed by atoms with E-state index in [1.54, 1.807) is 20.8 Å². The molecule has 0 aliphatic rings. The number of nitrogens with two attached hydrogens (primary N) is 1. The Bertz CT molecular complexity index is 295. The smallest absolute Gasteiger partial charge is 0.330 e. The zero-order valence-electron chi connectivity index (χ0n) is 11.1. The van der Waals surface area contributed by atoms with Gasteiger partial charge >= 0.3 is 11.9 Å². The molecule has 0 aliphatic heterocycles. The second kappa shape index (κ2) is 7.84. The van der Waals surface area contributed by atoms with Gasteiger partial charge in [0.25, 0.3) is 0 Å². The van der Waals surface area contributed by atoms with Gasteiger partial charge < -0.3 is 19.9 Å². The minimum absolute atomic E-state index is 0.0144. The summed E-state index contributed by atoms with van der Waals surface area (Å²) in [5, 5.41) is 0. The molecule has 0 aliphatic carbocycles. The van der Waals surface area contributed by atoms with Gasteiger partial charge in [0.1, 0.15) is 18.2 Å². The number of esters is 2. The maximum absolute atomic E-state index is 11.5. The first-order chi connectivity index (χ1) is 8.26. The molecule has 1 atom stereocenters. The molecule has 6 nitrogen and oxygen atoms in total. The molecule has 0 radical (unpaired) electrons. The number of ether oxygens (including phenoxy) is 3. The summed E-state index contributed by atoms with van der Waals surface area (Å²) >= 11 is 0. The molecule has 0 saturated carbocycles. The van der Waals surface area contributed by atoms with Crippen LogP contribution < -0.4 is 5.73 Å². The van der Waals surface area contributed by atoms with Gasteiger partial charge in [-0.05, 0) is 20.8 Å². The quantitative estimate of drug-likeness (QED) is 0.404. The fourth-order valence-electron chi connectivity index (χ4n) is 0.916. The molecule has 0 bridgehead atoms. The van der Waals surface area contributed by atoms with Gasteiger partial charge in [0.2, 0.25) is 0 Å². The lowest BCUT2D eigenvalue weighted by molar-refractivity contribution is -0.158. The van der Waals surface area contributed by atoms with Gasteiger partial charge in [-0.3, -0.25) is 4.79 Å². The van der Waals surface area contributed by atoms with E-state index < -0.39 is 23.6 Å². The Kier molecular flexibility index (Phi) is 7.23. The summed E-state index contributed by atoms with van der Waals surface area (Å²) < 4.78 is 14.8. The first kappa shape index (κ1) is 16.6. The predicted molar refractivity (Wildman–Crippen MR) is 65.8 cm³/mol. The number of hydrogen-bond acceptors (Lipinski definition) is 6. The van der Waals surface area contributed by atoms with Crippen LogP contribution in [0.25, 0.3) is 0 Å². The summed E-state index contributed by atoms with van der Waals surface area (Å²) in [6.07, 6.45) is 1.06. The molecule has 18 heavy (non-hydrogen) atoms. The third-order valence-corrected chi connectivity index (χ3v) is 1.65. The molecule has 2 N–H and O–H groups in total. The Balaban J connectivity index is 3.70. The van der Waals surface area contributed by atoms with Crippen LogP contribution in [0.5, 0.6) is 0 Å². The molecule has 0 aromatic rings. The highest BCUT2D eigenvalue weighted by atomic mass is 16.6. The van der Waals surface area contributed by atoms with Gasteiger partial charge in [-0.2, -0.15) is 0 Å². The molecule has 0 aromatic carbocycles. The van der Waals surface area contributed by atoms with Gasteiger partial charge in [-0.25, -0.2) is 4.79 Å². The van der Waals surface area contributed by atoms with E-state index in [2.05, 4.69) is 11.3 Å². The molecule has 0 spiro atoms. The van der Waals surface area contributed by atoms with Crippen LogP contribution in [-0.2, 0) is 23.8 Å². The molecule has 0 rings (SSSR count). The normalized spacial score (nSPS) is 12.7. The molecule has 1 unspecified atom stereocenters. The summed E-state index contributed by atoms with van der Waals surface area (Å²) in [4.78, 5) is 22.1. The Labute approximate surface area is 107 Å². The van der Waals surface area contributed by atoms with E-state index in [1.807, 2.05) is 0 Å². The number of hydrogen-bond donors (Lipinski definition) is 1. The van der Waals surface area contributed by atoms with Gasteiger partial charge in [-0.1, -0.05) is 6.58 Å². The van der Waals surface area contributed by atoms with Crippen molar-refractivity contribution < 1.29 is 23.8 Å². The monoisotopic (exact) mass is 259 g/mol. The molecule has 0 aromatic heterocycles. The number of carbonyl (C=O) groups excluding carboxylic acids is 2. The summed E-state index contributed by atoms with van der Waals surface area (Å²) in [6, 6.07) is -0.848. The average molecular weight is 259 g/mol. The highest BCUT2D eigenvalue weighted by Crippen LogP contribution is 2.07. The topological polar surface area (TPSA) is 87.9 Å². The molecule has 0 saturated heterocycles. The van der Waals surface area contributed by atoms with Crippen LogP contribution in [0.15, 0.2) is 12.7 Å². The van der Waals surface area contributed by atoms with E-state index in [0.29, 0.717) is 0 Å². The second-order valence-electron chi connectivity index (χ2n) is 4.59. The Morgan fingerprint density at radius 2 is 1.94 bits per heavy atom. The Morgan fingerprint density at radius 1 is 1.33 bits per heavy atom. The van der Waals surface area contributed by atoms with Crippen molar-refractivity contribution in [3.63, 3.8) is 0 Å². The zero-order valence-corrected chi connectivity index (χ0v) is 11.1. The number of rotatable bonds is 7. The molecule has 6 heteroatoms. The molecule has 0 heterocycles. The van der Waals surface area contributed by atoms with Crippen LogP contribution in [0.4, 0.5) is 0 Å². The third kappa shape index (κ3) is 8.72. The van der Waals surface area contributed by atoms with Crippen LogP contribution in [0.1, 0.15) is 20.8 Å². The van der Waals surface area contributed by atoms with Crippen molar-refractivity contribution in [1.82, 2.24) is 0 Å². The van der Waals surface area contributed by atoms with Crippen LogP contribution in [0.3, 0.4) is 0 Å². The van der Waals surface area contributed by atoms with Crippen molar-refractivity contribution in [3.8, 4) is 0 Å². The van der Waals surface area contributed by atoms with E-state index in [4.69, 9.17) is 15.2 Å². The Morgan fingerprint density at radius 3 is 2.44 bits per heavy atom. The van der Waals surface area contributed by atoms with Gasteiger partial charge in [0.15, 0.2) is 0 Å². The highest BCUT2D eigenvalue weighted by Gasteiger charge is 2.22. The summed E-state index contributed by atoms with van der Waals surface area (Å²) in [7, 11) is 0. The van der Waals surface area contributed by atoms with Crippen LogP contribution in [0.2, 0.25) is 0 Å². The lowest BCUT2D eigenvalue weighted by Crippen LogP contribution is -2.40. The zero-order chi connectivity index (χ0) is 14.2. The van der Waals surface area contributed by atoms with Crippen molar-refractivity contribution in [2.45, 2.75) is 32.4 Å². The van der Waals surface area contributed by atoms with E-state index in [9.17, 15) is 9.59 Å². The molecular formula is C12H21NO5. The van der Waals surface area contributed by atoms with E-state index in [0.717, 1.165) is 6.08 Å². The molecule has 104 valence electrons. The maximum atomic E-state index is 11.5. The SMILES string of the molecule is C=CC(=O)OCCOCC(N)C(=O)OC(C)(C)C. The average Bonchev–Trinajstić information content (AvgIpc) is 2.25. The summed E-state index contributed by atoms with van der Waals surface area (Å²) in [5.41, 5.74) is 4.99. The van der Waals surface area contributed by atoms with Crippen molar-refractivity contribution >= 4 is 11.9 Å². The van der Waals surface area contributed by atoms with E-state index in [-0.39, 0.29) is 19.8 Å². The highest BCUT2D eigenvalue weighted by molar-refractivity contribution is 5.81. The summed E-state index contributed by atoms with van der Waals surface area (Å²) in [6.45, 7) is 8.79. The first-order valence-corrected chi connectivity index (χ1v) is 5.61. The standard InChI is InChI=1S/C12H21NO5/c1-5-10(14)17-7-6-16-8-9(13)11(15)18-12(2,3)4/h5,9H,1,6-8,13H2,2-4H3. The van der Waals surface area contributed by atoms with Gasteiger partial charge in [0.05, 0.1) is 13.2 Å². The van der Waals surface area contributed by atoms with Crippen LogP contribution in [-0.4, -0.2) is 43.4 Å². The molecule has 0 amide bonds. The van der Waals surface area contributed by atoms with Crippen molar-refractivity contribution in [2.24, 2.45) is 5.73 Å². The van der Waals surface area contributed by atoms with Gasteiger partial charge in [-0.15, -0.1) is 0 Å². The third-order valence-electron chi connectivity index (χ3n) is 1.65. The van der Waals surface area contributed by atoms with E-state index in [1.165, 1.54) is 0 Å². The Hall–Kier alpha value is -1.40. The number of carbonyl (C=O) groups is 2. The fourth-order valence-corrected chi connectivity index (χ4v) is 0.916. The summed E-state index contributed by atoms with van der Waals surface area (Å²) in [5.74, 6) is -1.04. The molecule has 0 fully saturated rings. The van der Waals surface area contributed by atoms with Crippen molar-refractivity contribution in [1.29, 1.82) is 0 Å². The molecular weight excluding hydrogens is 238 g/mol. The van der Waals surface area contributed by atoms with Crippen molar-refractivity contribution in [2.75, 3.05) is 19.8 Å². The largest absolute Gasteiger partial charge is 0.460 e. The predicted octanol–water partition coefficient (Wildman–Crippen LogP) is 0.401. The lowest BCUT2D eigenvalue weighted by Gasteiger charge is -2.22. The second-order valence-corrected chi connectivity index (χ2v) is 4.59. The van der Waals surface area contributed by atoms with Crippen LogP contribution in [0, 0.1) is 0 Å². The van der Waals surface area contributed by atoms with E-state index >= 15 is 0 Å². The first-order valence-electron chi connectivity index (χ1n) is 5.61. The lowest BCUT2D eigenvalue weighted by atomic mass is 10.2.